The summed E-state index contributed by atoms with van der Waals surface area (Å²) < 4.78 is 52.9. The second kappa shape index (κ2) is 7.40. The van der Waals surface area contributed by atoms with E-state index >= 15 is 0 Å². The highest BCUT2D eigenvalue weighted by Gasteiger charge is 2.39. The van der Waals surface area contributed by atoms with Gasteiger partial charge in [0.25, 0.3) is 0 Å². The van der Waals surface area contributed by atoms with Crippen LogP contribution in [0.5, 0.6) is 0 Å². The maximum Gasteiger partial charge on any atom is 0.419 e. The molecule has 150 valence electrons. The topological polar surface area (TPSA) is 0 Å². The van der Waals surface area contributed by atoms with Gasteiger partial charge in [-0.1, -0.05) is 19.8 Å². The molecule has 0 N–H and O–H groups in total. The standard InChI is InChI=1S/C23H30F4/c1-2-14-3-4-16-10-17(6-5-15(16)9-14)18-7-8-19-12-21(23(25,26)27)22(24)13-20(19)11-18/h12-18H,2-11H2,1H3. The Bertz CT molecular complexity index is 678. The normalized spacial score (nSPS) is 34.0. The van der Waals surface area contributed by atoms with Gasteiger partial charge in [0.15, 0.2) is 0 Å². The SMILES string of the molecule is CCC1CCC2CC(C3CCc4cc(C(F)(F)F)c(F)cc4C3)CCC2C1. The monoisotopic (exact) mass is 382 g/mol. The molecule has 0 aliphatic heterocycles. The van der Waals surface area contributed by atoms with E-state index < -0.39 is 17.6 Å². The fraction of sp³-hybridized carbons (Fsp3) is 0.739. The third-order valence-electron chi connectivity index (χ3n) is 7.87. The van der Waals surface area contributed by atoms with Crippen molar-refractivity contribution in [2.75, 3.05) is 0 Å². The molecule has 0 heterocycles. The number of aryl methyl sites for hydroxylation is 1. The third kappa shape index (κ3) is 3.91. The predicted octanol–water partition coefficient (Wildman–Crippen LogP) is 7.19. The summed E-state index contributed by atoms with van der Waals surface area (Å²) in [5.41, 5.74) is 0.415. The molecule has 2 fully saturated rings. The van der Waals surface area contributed by atoms with Crippen LogP contribution in [0.3, 0.4) is 0 Å². The first-order valence-corrected chi connectivity index (χ1v) is 10.7. The van der Waals surface area contributed by atoms with Gasteiger partial charge in [-0.2, -0.15) is 13.2 Å². The van der Waals surface area contributed by atoms with Crippen molar-refractivity contribution in [2.45, 2.75) is 77.3 Å². The molecule has 5 unspecified atom stereocenters. The zero-order chi connectivity index (χ0) is 19.2. The zero-order valence-electron chi connectivity index (χ0n) is 16.1. The third-order valence-corrected chi connectivity index (χ3v) is 7.87. The molecule has 4 heteroatoms. The predicted molar refractivity (Wildman–Crippen MR) is 98.9 cm³/mol. The van der Waals surface area contributed by atoms with Gasteiger partial charge in [-0.15, -0.1) is 0 Å². The van der Waals surface area contributed by atoms with Crippen LogP contribution in [0.15, 0.2) is 12.1 Å². The minimum atomic E-state index is -4.61. The summed E-state index contributed by atoms with van der Waals surface area (Å²) in [4.78, 5) is 0. The fourth-order valence-corrected chi connectivity index (χ4v) is 6.25. The van der Waals surface area contributed by atoms with E-state index in [2.05, 4.69) is 6.92 Å². The van der Waals surface area contributed by atoms with E-state index in [4.69, 9.17) is 0 Å². The summed E-state index contributed by atoms with van der Waals surface area (Å²) in [6, 6.07) is 2.23. The molecule has 0 aromatic heterocycles. The molecule has 0 nitrogen and oxygen atoms in total. The first-order valence-electron chi connectivity index (χ1n) is 10.7. The molecule has 5 atom stereocenters. The highest BCUT2D eigenvalue weighted by Crippen LogP contribution is 2.49. The van der Waals surface area contributed by atoms with E-state index in [1.807, 2.05) is 0 Å². The van der Waals surface area contributed by atoms with Gasteiger partial charge in [0, 0.05) is 0 Å². The Balaban J connectivity index is 1.44. The maximum absolute atomic E-state index is 14.0. The lowest BCUT2D eigenvalue weighted by molar-refractivity contribution is -0.140. The number of benzene rings is 1. The Kier molecular flexibility index (Phi) is 5.28. The van der Waals surface area contributed by atoms with Crippen LogP contribution in [0, 0.1) is 35.4 Å². The van der Waals surface area contributed by atoms with Crippen LogP contribution in [-0.2, 0) is 19.0 Å². The lowest BCUT2D eigenvalue weighted by Crippen LogP contribution is -2.35. The number of alkyl halides is 3. The molecule has 0 saturated heterocycles. The molecule has 0 bridgehead atoms. The first-order chi connectivity index (χ1) is 12.8. The van der Waals surface area contributed by atoms with Crippen molar-refractivity contribution < 1.29 is 17.6 Å². The molecule has 3 aliphatic rings. The Morgan fingerprint density at radius 2 is 1.52 bits per heavy atom. The number of rotatable bonds is 2. The van der Waals surface area contributed by atoms with Gasteiger partial charge in [0.2, 0.25) is 0 Å². The van der Waals surface area contributed by atoms with Crippen LogP contribution in [-0.4, -0.2) is 0 Å². The average Bonchev–Trinajstić information content (AvgIpc) is 2.65. The average molecular weight is 382 g/mol. The maximum atomic E-state index is 14.0. The van der Waals surface area contributed by atoms with Crippen molar-refractivity contribution in [2.24, 2.45) is 29.6 Å². The minimum absolute atomic E-state index is 0.512. The summed E-state index contributed by atoms with van der Waals surface area (Å²) in [6.07, 6.45) is 7.03. The summed E-state index contributed by atoms with van der Waals surface area (Å²) in [6.45, 7) is 2.30. The largest absolute Gasteiger partial charge is 0.419 e. The van der Waals surface area contributed by atoms with Crippen LogP contribution in [0.25, 0.3) is 0 Å². The molecule has 0 spiro atoms. The molecule has 27 heavy (non-hydrogen) atoms. The van der Waals surface area contributed by atoms with Crippen molar-refractivity contribution in [1.29, 1.82) is 0 Å². The van der Waals surface area contributed by atoms with Gasteiger partial charge >= 0.3 is 6.18 Å². The smallest absolute Gasteiger partial charge is 0.206 e. The van der Waals surface area contributed by atoms with Crippen molar-refractivity contribution in [3.8, 4) is 0 Å². The van der Waals surface area contributed by atoms with Gasteiger partial charge in [0.05, 0.1) is 5.56 Å². The zero-order valence-corrected chi connectivity index (χ0v) is 16.1. The van der Waals surface area contributed by atoms with Gasteiger partial charge in [-0.05, 0) is 104 Å². The van der Waals surface area contributed by atoms with E-state index in [1.165, 1.54) is 51.0 Å². The van der Waals surface area contributed by atoms with Crippen molar-refractivity contribution in [1.82, 2.24) is 0 Å². The van der Waals surface area contributed by atoms with Gasteiger partial charge in [-0.25, -0.2) is 4.39 Å². The van der Waals surface area contributed by atoms with Crippen molar-refractivity contribution in [3.63, 3.8) is 0 Å². The highest BCUT2D eigenvalue weighted by atomic mass is 19.4. The van der Waals surface area contributed by atoms with Crippen LogP contribution < -0.4 is 0 Å². The molecule has 1 aromatic carbocycles. The summed E-state index contributed by atoms with van der Waals surface area (Å²) in [5, 5.41) is 0. The number of halogens is 4. The number of fused-ring (bicyclic) bond motifs is 2. The van der Waals surface area contributed by atoms with E-state index in [0.29, 0.717) is 23.8 Å². The molecular weight excluding hydrogens is 352 g/mol. The second-order valence-corrected chi connectivity index (χ2v) is 9.28. The second-order valence-electron chi connectivity index (χ2n) is 9.28. The van der Waals surface area contributed by atoms with Crippen molar-refractivity contribution in [3.05, 3.63) is 34.6 Å². The Morgan fingerprint density at radius 1 is 0.852 bits per heavy atom. The lowest BCUT2D eigenvalue weighted by atomic mass is 9.61. The Hall–Kier alpha value is -1.06. The van der Waals surface area contributed by atoms with Crippen LogP contribution >= 0.6 is 0 Å². The van der Waals surface area contributed by atoms with E-state index in [0.717, 1.165) is 42.2 Å². The van der Waals surface area contributed by atoms with Crippen molar-refractivity contribution >= 4 is 0 Å². The quantitative estimate of drug-likeness (QED) is 0.475. The number of hydrogen-bond acceptors (Lipinski definition) is 0. The molecule has 0 radical (unpaired) electrons. The van der Waals surface area contributed by atoms with E-state index in [1.54, 1.807) is 0 Å². The molecule has 1 aromatic rings. The molecular formula is C23H30F4. The van der Waals surface area contributed by atoms with Gasteiger partial charge in [0.1, 0.15) is 5.82 Å². The summed E-state index contributed by atoms with van der Waals surface area (Å²) >= 11 is 0. The number of hydrogen-bond donors (Lipinski definition) is 0. The van der Waals surface area contributed by atoms with E-state index in [9.17, 15) is 17.6 Å². The summed E-state index contributed by atoms with van der Waals surface area (Å²) in [5.74, 6) is 2.72. The minimum Gasteiger partial charge on any atom is -0.206 e. The van der Waals surface area contributed by atoms with Gasteiger partial charge < -0.3 is 0 Å². The van der Waals surface area contributed by atoms with E-state index in [-0.39, 0.29) is 0 Å². The highest BCUT2D eigenvalue weighted by molar-refractivity contribution is 5.36. The lowest BCUT2D eigenvalue weighted by Gasteiger charge is -2.45. The Morgan fingerprint density at radius 3 is 2.22 bits per heavy atom. The van der Waals surface area contributed by atoms with Crippen LogP contribution in [0.4, 0.5) is 17.6 Å². The molecule has 2 saturated carbocycles. The molecule has 0 amide bonds. The van der Waals surface area contributed by atoms with Crippen LogP contribution in [0.1, 0.15) is 75.0 Å². The fourth-order valence-electron chi connectivity index (χ4n) is 6.25. The van der Waals surface area contributed by atoms with Crippen LogP contribution in [0.2, 0.25) is 0 Å². The van der Waals surface area contributed by atoms with Gasteiger partial charge in [-0.3, -0.25) is 0 Å². The first kappa shape index (κ1) is 19.3. The molecule has 3 aliphatic carbocycles. The molecule has 4 rings (SSSR count). The summed E-state index contributed by atoms with van der Waals surface area (Å²) in [7, 11) is 0. The Labute approximate surface area is 159 Å².